The molecule has 1 amide bonds. The maximum absolute atomic E-state index is 12.2. The van der Waals surface area contributed by atoms with Crippen molar-refractivity contribution in [3.63, 3.8) is 0 Å². The predicted molar refractivity (Wildman–Crippen MR) is 78.3 cm³/mol. The Labute approximate surface area is 122 Å². The van der Waals surface area contributed by atoms with Gasteiger partial charge < -0.3 is 10.4 Å². The van der Waals surface area contributed by atoms with E-state index in [9.17, 15) is 9.59 Å². The average molecular weight is 287 g/mol. The van der Waals surface area contributed by atoms with Gasteiger partial charge in [-0.05, 0) is 31.5 Å². The molecule has 0 aliphatic carbocycles. The first kappa shape index (κ1) is 14.8. The maximum atomic E-state index is 12.2. The zero-order valence-electron chi connectivity index (χ0n) is 11.9. The van der Waals surface area contributed by atoms with Gasteiger partial charge in [0.15, 0.2) is 5.69 Å². The summed E-state index contributed by atoms with van der Waals surface area (Å²) in [6.45, 7) is 3.94. The number of hydrogen-bond acceptors (Lipinski definition) is 3. The van der Waals surface area contributed by atoms with Crippen molar-refractivity contribution in [1.29, 1.82) is 0 Å². The van der Waals surface area contributed by atoms with Gasteiger partial charge in [0.25, 0.3) is 5.91 Å². The first-order chi connectivity index (χ1) is 9.97. The van der Waals surface area contributed by atoms with Crippen LogP contribution in [0.1, 0.15) is 35.9 Å². The van der Waals surface area contributed by atoms with Crippen LogP contribution in [0.2, 0.25) is 0 Å². The van der Waals surface area contributed by atoms with Crippen LogP contribution in [0.15, 0.2) is 36.5 Å². The maximum Gasteiger partial charge on any atom is 0.307 e. The van der Waals surface area contributed by atoms with Gasteiger partial charge in [-0.1, -0.05) is 18.2 Å². The van der Waals surface area contributed by atoms with E-state index in [1.165, 1.54) is 0 Å². The smallest absolute Gasteiger partial charge is 0.307 e. The van der Waals surface area contributed by atoms with Crippen LogP contribution >= 0.6 is 0 Å². The van der Waals surface area contributed by atoms with Crippen LogP contribution in [0.4, 0.5) is 5.69 Å². The summed E-state index contributed by atoms with van der Waals surface area (Å²) >= 11 is 0. The molecular weight excluding hydrogens is 270 g/mol. The van der Waals surface area contributed by atoms with E-state index in [2.05, 4.69) is 10.4 Å². The monoisotopic (exact) mass is 287 g/mol. The van der Waals surface area contributed by atoms with Crippen LogP contribution in [0.25, 0.3) is 0 Å². The molecule has 0 unspecified atom stereocenters. The summed E-state index contributed by atoms with van der Waals surface area (Å²) in [6, 6.07) is 8.64. The third-order valence-electron chi connectivity index (χ3n) is 2.98. The molecule has 2 N–H and O–H groups in total. The summed E-state index contributed by atoms with van der Waals surface area (Å²) in [5.41, 5.74) is 1.35. The van der Waals surface area contributed by atoms with Crippen molar-refractivity contribution in [3.8, 4) is 0 Å². The second kappa shape index (κ2) is 6.21. The Morgan fingerprint density at radius 3 is 2.62 bits per heavy atom. The molecular formula is C15H17N3O3. The van der Waals surface area contributed by atoms with E-state index in [1.54, 1.807) is 41.2 Å². The molecule has 6 heteroatoms. The van der Waals surface area contributed by atoms with Crippen LogP contribution < -0.4 is 5.32 Å². The van der Waals surface area contributed by atoms with Gasteiger partial charge in [0.1, 0.15) is 0 Å². The lowest BCUT2D eigenvalue weighted by Crippen LogP contribution is -2.15. The molecule has 0 bridgehead atoms. The van der Waals surface area contributed by atoms with Crippen LogP contribution in [-0.4, -0.2) is 26.8 Å². The van der Waals surface area contributed by atoms with E-state index in [0.29, 0.717) is 16.9 Å². The number of aromatic nitrogens is 2. The van der Waals surface area contributed by atoms with E-state index < -0.39 is 5.97 Å². The first-order valence-corrected chi connectivity index (χ1v) is 6.63. The predicted octanol–water partition coefficient (Wildman–Crippen LogP) is 2.34. The summed E-state index contributed by atoms with van der Waals surface area (Å²) in [6.07, 6.45) is 1.60. The van der Waals surface area contributed by atoms with Gasteiger partial charge in [-0.15, -0.1) is 0 Å². The summed E-state index contributed by atoms with van der Waals surface area (Å²) in [5, 5.41) is 15.8. The number of para-hydroxylation sites is 1. The minimum atomic E-state index is -0.944. The van der Waals surface area contributed by atoms with Crippen LogP contribution in [-0.2, 0) is 11.2 Å². The van der Waals surface area contributed by atoms with Gasteiger partial charge in [-0.2, -0.15) is 5.10 Å². The van der Waals surface area contributed by atoms with Crippen LogP contribution in [0, 0.1) is 0 Å². The van der Waals surface area contributed by atoms with Crippen molar-refractivity contribution in [2.24, 2.45) is 0 Å². The van der Waals surface area contributed by atoms with E-state index in [1.807, 2.05) is 13.8 Å². The number of amides is 1. The number of nitrogens with zero attached hydrogens (tertiary/aromatic N) is 2. The molecule has 0 saturated heterocycles. The molecule has 2 rings (SSSR count). The summed E-state index contributed by atoms with van der Waals surface area (Å²) < 4.78 is 1.69. The highest BCUT2D eigenvalue weighted by molar-refractivity contribution is 6.03. The Balaban J connectivity index is 2.17. The third kappa shape index (κ3) is 3.68. The van der Waals surface area contributed by atoms with Crippen molar-refractivity contribution in [3.05, 3.63) is 47.8 Å². The molecule has 1 heterocycles. The molecule has 0 aliphatic rings. The minimum Gasteiger partial charge on any atom is -0.481 e. The molecule has 0 spiro atoms. The molecule has 0 fully saturated rings. The Kier molecular flexibility index (Phi) is 4.37. The standard InChI is InChI=1S/C15H17N3O3/c1-10(2)18-8-7-13(17-18)15(21)16-12-6-4-3-5-11(12)9-14(19)20/h3-8,10H,9H2,1-2H3,(H,16,21)(H,19,20). The number of nitrogens with one attached hydrogen (secondary N) is 1. The van der Waals surface area contributed by atoms with Gasteiger partial charge >= 0.3 is 5.97 Å². The van der Waals surface area contributed by atoms with Crippen molar-refractivity contribution >= 4 is 17.6 Å². The molecule has 0 saturated carbocycles. The Hall–Kier alpha value is -2.63. The quantitative estimate of drug-likeness (QED) is 0.884. The minimum absolute atomic E-state index is 0.142. The first-order valence-electron chi connectivity index (χ1n) is 6.63. The lowest BCUT2D eigenvalue weighted by atomic mass is 10.1. The van der Waals surface area contributed by atoms with Gasteiger partial charge in [-0.25, -0.2) is 0 Å². The van der Waals surface area contributed by atoms with Crippen LogP contribution in [0.3, 0.4) is 0 Å². The van der Waals surface area contributed by atoms with Crippen molar-refractivity contribution in [2.45, 2.75) is 26.3 Å². The zero-order chi connectivity index (χ0) is 15.4. The van der Waals surface area contributed by atoms with Gasteiger partial charge in [0.2, 0.25) is 0 Å². The molecule has 0 aliphatic heterocycles. The second-order valence-corrected chi connectivity index (χ2v) is 4.96. The normalized spacial score (nSPS) is 10.6. The van der Waals surface area contributed by atoms with Gasteiger partial charge in [-0.3, -0.25) is 14.3 Å². The highest BCUT2D eigenvalue weighted by Crippen LogP contribution is 2.17. The van der Waals surface area contributed by atoms with E-state index in [-0.39, 0.29) is 18.4 Å². The average Bonchev–Trinajstić information content (AvgIpc) is 2.90. The molecule has 21 heavy (non-hydrogen) atoms. The number of carbonyl (C=O) groups excluding carboxylic acids is 1. The van der Waals surface area contributed by atoms with E-state index >= 15 is 0 Å². The fraction of sp³-hybridized carbons (Fsp3) is 0.267. The Bertz CT molecular complexity index is 662. The molecule has 2 aromatic rings. The molecule has 6 nitrogen and oxygen atoms in total. The number of aliphatic carboxylic acids is 1. The van der Waals surface area contributed by atoms with Crippen molar-refractivity contribution in [1.82, 2.24) is 9.78 Å². The highest BCUT2D eigenvalue weighted by atomic mass is 16.4. The molecule has 110 valence electrons. The van der Waals surface area contributed by atoms with E-state index in [0.717, 1.165) is 0 Å². The number of carboxylic acids is 1. The van der Waals surface area contributed by atoms with Crippen molar-refractivity contribution in [2.75, 3.05) is 5.32 Å². The SMILES string of the molecule is CC(C)n1ccc(C(=O)Nc2ccccc2CC(=O)O)n1. The highest BCUT2D eigenvalue weighted by Gasteiger charge is 2.13. The summed E-state index contributed by atoms with van der Waals surface area (Å²) in [5.74, 6) is -1.30. The number of hydrogen-bond donors (Lipinski definition) is 2. The fourth-order valence-electron chi connectivity index (χ4n) is 1.89. The number of rotatable bonds is 5. The lowest BCUT2D eigenvalue weighted by Gasteiger charge is -2.08. The molecule has 1 aromatic heterocycles. The number of benzene rings is 1. The third-order valence-corrected chi connectivity index (χ3v) is 2.98. The van der Waals surface area contributed by atoms with Gasteiger partial charge in [0, 0.05) is 17.9 Å². The molecule has 0 atom stereocenters. The van der Waals surface area contributed by atoms with Gasteiger partial charge in [0.05, 0.1) is 6.42 Å². The summed E-state index contributed by atoms with van der Waals surface area (Å²) in [4.78, 5) is 23.0. The zero-order valence-corrected chi connectivity index (χ0v) is 11.9. The fourth-order valence-corrected chi connectivity index (χ4v) is 1.89. The largest absolute Gasteiger partial charge is 0.481 e. The topological polar surface area (TPSA) is 84.2 Å². The molecule has 0 radical (unpaired) electrons. The van der Waals surface area contributed by atoms with Crippen molar-refractivity contribution < 1.29 is 14.7 Å². The van der Waals surface area contributed by atoms with Crippen LogP contribution in [0.5, 0.6) is 0 Å². The number of carboxylic acid groups (broad SMARTS) is 1. The lowest BCUT2D eigenvalue weighted by molar-refractivity contribution is -0.136. The summed E-state index contributed by atoms with van der Waals surface area (Å²) in [7, 11) is 0. The second-order valence-electron chi connectivity index (χ2n) is 4.96. The Morgan fingerprint density at radius 1 is 1.29 bits per heavy atom. The number of anilines is 1. The van der Waals surface area contributed by atoms with E-state index in [4.69, 9.17) is 5.11 Å². The molecule has 1 aromatic carbocycles. The number of carbonyl (C=O) groups is 2. The Morgan fingerprint density at radius 2 is 2.00 bits per heavy atom.